The van der Waals surface area contributed by atoms with Gasteiger partial charge in [0.1, 0.15) is 0 Å². The minimum atomic E-state index is -2.27. The SMILES string of the molecule is O=C(O)C(O)C(O)C(=O)O.c1ccc2ncccc2c1. The van der Waals surface area contributed by atoms with Gasteiger partial charge in [0.05, 0.1) is 5.52 Å². The number of fused-ring (bicyclic) bond motifs is 1. The van der Waals surface area contributed by atoms with Crippen molar-refractivity contribution in [3.8, 4) is 0 Å². The summed E-state index contributed by atoms with van der Waals surface area (Å²) in [5.41, 5.74) is 1.06. The molecule has 4 N–H and O–H groups in total. The van der Waals surface area contributed by atoms with Crippen LogP contribution in [0.1, 0.15) is 0 Å². The molecule has 7 heteroatoms. The molecule has 1 aromatic heterocycles. The first kappa shape index (κ1) is 15.5. The summed E-state index contributed by atoms with van der Waals surface area (Å²) in [5, 5.41) is 33.7. The van der Waals surface area contributed by atoms with Crippen LogP contribution in [-0.4, -0.2) is 49.6 Å². The smallest absolute Gasteiger partial charge is 0.335 e. The van der Waals surface area contributed by atoms with Gasteiger partial charge in [-0.2, -0.15) is 0 Å². The summed E-state index contributed by atoms with van der Waals surface area (Å²) >= 11 is 0. The van der Waals surface area contributed by atoms with Crippen LogP contribution < -0.4 is 0 Å². The topological polar surface area (TPSA) is 128 Å². The Labute approximate surface area is 113 Å². The zero-order chi connectivity index (χ0) is 15.1. The lowest BCUT2D eigenvalue weighted by Gasteiger charge is -2.07. The monoisotopic (exact) mass is 279 g/mol. The average Bonchev–Trinajstić information content (AvgIpc) is 2.46. The maximum atomic E-state index is 9.77. The first-order valence-corrected chi connectivity index (χ1v) is 5.55. The minimum Gasteiger partial charge on any atom is -0.479 e. The summed E-state index contributed by atoms with van der Waals surface area (Å²) in [6, 6.07) is 12.1. The predicted octanol–water partition coefficient (Wildman–Crippen LogP) is 0.112. The van der Waals surface area contributed by atoms with Gasteiger partial charge in [0.25, 0.3) is 0 Å². The maximum Gasteiger partial charge on any atom is 0.335 e. The number of hydrogen-bond acceptors (Lipinski definition) is 5. The molecule has 0 aliphatic heterocycles. The van der Waals surface area contributed by atoms with E-state index in [0.29, 0.717) is 0 Å². The van der Waals surface area contributed by atoms with Crippen molar-refractivity contribution in [2.45, 2.75) is 12.2 Å². The van der Waals surface area contributed by atoms with Crippen LogP contribution in [0.4, 0.5) is 0 Å². The molecule has 2 rings (SSSR count). The molecular formula is C13H13NO6. The first-order chi connectivity index (χ1) is 9.43. The van der Waals surface area contributed by atoms with Gasteiger partial charge in [0, 0.05) is 11.6 Å². The molecule has 2 aromatic rings. The third kappa shape index (κ3) is 4.30. The van der Waals surface area contributed by atoms with E-state index in [1.165, 1.54) is 5.39 Å². The number of aliphatic hydroxyl groups excluding tert-OH is 2. The zero-order valence-corrected chi connectivity index (χ0v) is 10.2. The lowest BCUT2D eigenvalue weighted by Crippen LogP contribution is -2.39. The molecule has 0 radical (unpaired) electrons. The number of carboxylic acid groups (broad SMARTS) is 2. The van der Waals surface area contributed by atoms with E-state index in [0.717, 1.165) is 5.52 Å². The molecular weight excluding hydrogens is 266 g/mol. The fourth-order valence-corrected chi connectivity index (χ4v) is 1.29. The summed E-state index contributed by atoms with van der Waals surface area (Å²) in [6.45, 7) is 0. The quantitative estimate of drug-likeness (QED) is 0.627. The fourth-order valence-electron chi connectivity index (χ4n) is 1.29. The zero-order valence-electron chi connectivity index (χ0n) is 10.2. The number of aliphatic carboxylic acids is 2. The Morgan fingerprint density at radius 3 is 1.90 bits per heavy atom. The number of hydrogen-bond donors (Lipinski definition) is 4. The van der Waals surface area contributed by atoms with Crippen LogP contribution in [0.25, 0.3) is 10.9 Å². The normalized spacial score (nSPS) is 12.9. The standard InChI is InChI=1S/C9H7N.C4H6O6/c1-2-6-9-8(4-1)5-3-7-10-9;5-1(3(7)8)2(6)4(9)10/h1-7H;1-2,5-6H,(H,7,8)(H,9,10). The number of para-hydroxylation sites is 1. The molecule has 20 heavy (non-hydrogen) atoms. The molecule has 0 spiro atoms. The molecule has 106 valence electrons. The van der Waals surface area contributed by atoms with Gasteiger partial charge in [-0.3, -0.25) is 4.98 Å². The number of pyridine rings is 1. The van der Waals surface area contributed by atoms with Crippen LogP contribution in [0.15, 0.2) is 42.6 Å². The van der Waals surface area contributed by atoms with Crippen molar-refractivity contribution in [2.24, 2.45) is 0 Å². The van der Waals surface area contributed by atoms with E-state index < -0.39 is 24.1 Å². The second-order valence-corrected chi connectivity index (χ2v) is 3.76. The summed E-state index contributed by atoms with van der Waals surface area (Å²) in [6.07, 6.45) is -2.72. The highest BCUT2D eigenvalue weighted by Gasteiger charge is 2.29. The van der Waals surface area contributed by atoms with Crippen molar-refractivity contribution in [2.75, 3.05) is 0 Å². The Kier molecular flexibility index (Phi) is 5.57. The number of carbonyl (C=O) groups is 2. The van der Waals surface area contributed by atoms with Gasteiger partial charge in [-0.05, 0) is 12.1 Å². The molecule has 2 atom stereocenters. The first-order valence-electron chi connectivity index (χ1n) is 5.55. The fraction of sp³-hybridized carbons (Fsp3) is 0.154. The summed E-state index contributed by atoms with van der Waals surface area (Å²) in [7, 11) is 0. The van der Waals surface area contributed by atoms with Gasteiger partial charge < -0.3 is 20.4 Å². The van der Waals surface area contributed by atoms with Gasteiger partial charge >= 0.3 is 11.9 Å². The molecule has 1 aromatic carbocycles. The number of rotatable bonds is 3. The predicted molar refractivity (Wildman–Crippen MR) is 69.0 cm³/mol. The average molecular weight is 279 g/mol. The van der Waals surface area contributed by atoms with Gasteiger partial charge in [-0.1, -0.05) is 24.3 Å². The van der Waals surface area contributed by atoms with Crippen molar-refractivity contribution in [1.82, 2.24) is 4.98 Å². The highest BCUT2D eigenvalue weighted by molar-refractivity contribution is 5.83. The molecule has 0 saturated heterocycles. The van der Waals surface area contributed by atoms with Crippen molar-refractivity contribution in [1.29, 1.82) is 0 Å². The number of carboxylic acids is 2. The molecule has 0 fully saturated rings. The van der Waals surface area contributed by atoms with E-state index in [-0.39, 0.29) is 0 Å². The van der Waals surface area contributed by atoms with Crippen LogP contribution in [-0.2, 0) is 9.59 Å². The lowest BCUT2D eigenvalue weighted by atomic mass is 10.2. The Balaban J connectivity index is 0.000000200. The van der Waals surface area contributed by atoms with Crippen LogP contribution >= 0.6 is 0 Å². The number of nitrogens with zero attached hydrogens (tertiary/aromatic N) is 1. The Morgan fingerprint density at radius 2 is 1.40 bits per heavy atom. The van der Waals surface area contributed by atoms with E-state index in [4.69, 9.17) is 20.4 Å². The Bertz CT molecular complexity index is 517. The van der Waals surface area contributed by atoms with Gasteiger partial charge in [0.15, 0.2) is 12.2 Å². The Hall–Kier alpha value is -2.51. The molecule has 0 saturated carbocycles. The highest BCUT2D eigenvalue weighted by Crippen LogP contribution is 2.07. The molecule has 0 aliphatic rings. The van der Waals surface area contributed by atoms with Crippen LogP contribution in [0.3, 0.4) is 0 Å². The highest BCUT2D eigenvalue weighted by atomic mass is 16.4. The van der Waals surface area contributed by atoms with E-state index in [2.05, 4.69) is 17.1 Å². The van der Waals surface area contributed by atoms with Crippen LogP contribution in [0, 0.1) is 0 Å². The number of aliphatic hydroxyl groups is 2. The molecule has 0 amide bonds. The van der Waals surface area contributed by atoms with Gasteiger partial charge in [0.2, 0.25) is 0 Å². The van der Waals surface area contributed by atoms with Crippen molar-refractivity contribution in [3.63, 3.8) is 0 Å². The van der Waals surface area contributed by atoms with Gasteiger partial charge in [-0.15, -0.1) is 0 Å². The lowest BCUT2D eigenvalue weighted by molar-refractivity contribution is -0.165. The minimum absolute atomic E-state index is 1.06. The van der Waals surface area contributed by atoms with Crippen LogP contribution in [0.2, 0.25) is 0 Å². The molecule has 2 unspecified atom stereocenters. The molecule has 1 heterocycles. The summed E-state index contributed by atoms with van der Waals surface area (Å²) in [5.74, 6) is -3.54. The third-order valence-electron chi connectivity index (χ3n) is 2.32. The molecule has 0 aliphatic carbocycles. The van der Waals surface area contributed by atoms with Crippen molar-refractivity contribution >= 4 is 22.8 Å². The molecule has 0 bridgehead atoms. The Morgan fingerprint density at radius 1 is 0.900 bits per heavy atom. The van der Waals surface area contributed by atoms with Crippen molar-refractivity contribution < 1.29 is 30.0 Å². The van der Waals surface area contributed by atoms with Crippen LogP contribution in [0.5, 0.6) is 0 Å². The largest absolute Gasteiger partial charge is 0.479 e. The third-order valence-corrected chi connectivity index (χ3v) is 2.32. The van der Waals surface area contributed by atoms with Crippen molar-refractivity contribution in [3.05, 3.63) is 42.6 Å². The summed E-state index contributed by atoms with van der Waals surface area (Å²) < 4.78 is 0. The van der Waals surface area contributed by atoms with E-state index in [1.807, 2.05) is 30.5 Å². The summed E-state index contributed by atoms with van der Waals surface area (Å²) in [4.78, 5) is 23.7. The van der Waals surface area contributed by atoms with E-state index >= 15 is 0 Å². The second kappa shape index (κ2) is 7.17. The maximum absolute atomic E-state index is 9.77. The van der Waals surface area contributed by atoms with E-state index in [9.17, 15) is 9.59 Å². The van der Waals surface area contributed by atoms with E-state index in [1.54, 1.807) is 0 Å². The van der Waals surface area contributed by atoms with Gasteiger partial charge in [-0.25, -0.2) is 9.59 Å². The number of aromatic nitrogens is 1. The number of benzene rings is 1. The second-order valence-electron chi connectivity index (χ2n) is 3.76. The molecule has 7 nitrogen and oxygen atoms in total.